The summed E-state index contributed by atoms with van der Waals surface area (Å²) >= 11 is 6.50. The Morgan fingerprint density at radius 2 is 1.76 bits per heavy atom. The van der Waals surface area contributed by atoms with Gasteiger partial charge in [-0.05, 0) is 68.8 Å². The van der Waals surface area contributed by atoms with Crippen molar-refractivity contribution < 1.29 is 17.9 Å². The van der Waals surface area contributed by atoms with E-state index in [9.17, 15) is 13.2 Å². The third kappa shape index (κ3) is 7.50. The molecule has 3 aromatic rings. The van der Waals surface area contributed by atoms with Crippen molar-refractivity contribution in [3.8, 4) is 5.75 Å². The van der Waals surface area contributed by atoms with Crippen LogP contribution in [0.1, 0.15) is 17.5 Å². The average molecular weight is 657 g/mol. The fourth-order valence-corrected chi connectivity index (χ4v) is 7.38. The topological polar surface area (TPSA) is 123 Å². The normalized spacial score (nSPS) is 17.5. The number of anilines is 4. The van der Waals surface area contributed by atoms with Crippen molar-refractivity contribution in [2.75, 3.05) is 78.7 Å². The largest absolute Gasteiger partial charge is 0.495 e. The molecule has 242 valence electrons. The monoisotopic (exact) mass is 656 g/mol. The molecule has 2 aliphatic rings. The lowest BCUT2D eigenvalue weighted by molar-refractivity contribution is -0.129. The van der Waals surface area contributed by atoms with Gasteiger partial charge in [0.1, 0.15) is 15.7 Å². The van der Waals surface area contributed by atoms with Crippen LogP contribution in [0, 0.1) is 0 Å². The number of likely N-dealkylation sites (N-methyl/N-ethyl adjacent to an activating group) is 2. The summed E-state index contributed by atoms with van der Waals surface area (Å²) in [6.45, 7) is 2.82. The van der Waals surface area contributed by atoms with Crippen molar-refractivity contribution >= 4 is 50.7 Å². The molecule has 2 aliphatic heterocycles. The van der Waals surface area contributed by atoms with Gasteiger partial charge in [-0.2, -0.15) is 9.29 Å². The second-order valence-corrected chi connectivity index (χ2v) is 14.1. The molecule has 0 saturated carbocycles. The van der Waals surface area contributed by atoms with E-state index in [1.54, 1.807) is 50.4 Å². The highest BCUT2D eigenvalue weighted by Crippen LogP contribution is 2.35. The van der Waals surface area contributed by atoms with Gasteiger partial charge in [-0.3, -0.25) is 9.69 Å². The van der Waals surface area contributed by atoms with Gasteiger partial charge in [0, 0.05) is 46.3 Å². The van der Waals surface area contributed by atoms with E-state index in [2.05, 4.69) is 30.4 Å². The molecule has 0 bridgehead atoms. The standard InChI is InChI=1S/C31H41ClN8O4S/c1-37(2)23-12-15-40(19-23)45(42,43)28-9-7-6-8-25(28)34-30-24(32)18-33-31(36-30)35-26-16-21-10-13-39(20-29(41)38(3)4)14-11-22(21)17-27(26)44-5/h6-9,16-18,23H,10-15,19-20H2,1-5H3,(H2,33,34,35,36)/t23-/m1/s1. The van der Waals surface area contributed by atoms with Crippen LogP contribution in [0.5, 0.6) is 5.75 Å². The van der Waals surface area contributed by atoms with Crippen molar-refractivity contribution in [2.24, 2.45) is 0 Å². The second-order valence-electron chi connectivity index (χ2n) is 11.8. The molecule has 1 saturated heterocycles. The number of benzene rings is 2. The van der Waals surface area contributed by atoms with Crippen LogP contribution < -0.4 is 15.4 Å². The molecule has 2 aromatic carbocycles. The predicted molar refractivity (Wildman–Crippen MR) is 176 cm³/mol. The average Bonchev–Trinajstić information content (AvgIpc) is 3.45. The van der Waals surface area contributed by atoms with Gasteiger partial charge >= 0.3 is 0 Å². The maximum Gasteiger partial charge on any atom is 0.245 e. The predicted octanol–water partition coefficient (Wildman–Crippen LogP) is 3.44. The molecule has 1 atom stereocenters. The number of para-hydroxylation sites is 1. The minimum Gasteiger partial charge on any atom is -0.495 e. The highest BCUT2D eigenvalue weighted by atomic mass is 35.5. The molecule has 2 N–H and O–H groups in total. The first kappa shape index (κ1) is 32.9. The number of halogens is 1. The van der Waals surface area contributed by atoms with E-state index in [4.69, 9.17) is 16.3 Å². The summed E-state index contributed by atoms with van der Waals surface area (Å²) in [4.78, 5) is 27.2. The van der Waals surface area contributed by atoms with E-state index in [1.807, 2.05) is 26.2 Å². The Labute approximate surface area is 270 Å². The lowest BCUT2D eigenvalue weighted by Gasteiger charge is -2.21. The van der Waals surface area contributed by atoms with Gasteiger partial charge in [-0.25, -0.2) is 13.4 Å². The summed E-state index contributed by atoms with van der Waals surface area (Å²) in [5, 5.41) is 6.64. The zero-order chi connectivity index (χ0) is 32.3. The van der Waals surface area contributed by atoms with E-state index < -0.39 is 10.0 Å². The van der Waals surface area contributed by atoms with Crippen molar-refractivity contribution in [3.05, 3.63) is 58.7 Å². The summed E-state index contributed by atoms with van der Waals surface area (Å²) in [6.07, 6.45) is 3.82. The molecule has 0 radical (unpaired) electrons. The van der Waals surface area contributed by atoms with Crippen LogP contribution in [-0.2, 0) is 27.7 Å². The Kier molecular flexibility index (Phi) is 10.1. The molecule has 12 nitrogen and oxygen atoms in total. The van der Waals surface area contributed by atoms with Gasteiger partial charge in [0.2, 0.25) is 21.9 Å². The number of sulfonamides is 1. The third-order valence-corrected chi connectivity index (χ3v) is 10.6. The molecule has 45 heavy (non-hydrogen) atoms. The Balaban J connectivity index is 1.36. The van der Waals surface area contributed by atoms with Crippen molar-refractivity contribution in [3.63, 3.8) is 0 Å². The number of carbonyl (C=O) groups excluding carboxylic acids is 1. The molecule has 0 spiro atoms. The van der Waals surface area contributed by atoms with E-state index in [1.165, 1.54) is 16.1 Å². The van der Waals surface area contributed by atoms with Gasteiger partial charge in [0.25, 0.3) is 0 Å². The number of amides is 1. The Hall–Kier alpha value is -3.49. The molecule has 1 fully saturated rings. The first-order chi connectivity index (χ1) is 21.5. The maximum absolute atomic E-state index is 13.7. The molecule has 5 rings (SSSR count). The number of aromatic nitrogens is 2. The quantitative estimate of drug-likeness (QED) is 0.336. The van der Waals surface area contributed by atoms with Crippen LogP contribution in [0.15, 0.2) is 47.5 Å². The Morgan fingerprint density at radius 1 is 1.04 bits per heavy atom. The smallest absolute Gasteiger partial charge is 0.245 e. The number of nitrogens with one attached hydrogen (secondary N) is 2. The molecule has 0 aliphatic carbocycles. The first-order valence-electron chi connectivity index (χ1n) is 14.9. The zero-order valence-corrected chi connectivity index (χ0v) is 28.0. The number of methoxy groups -OCH3 is 1. The molecule has 3 heterocycles. The van der Waals surface area contributed by atoms with Crippen LogP contribution >= 0.6 is 11.6 Å². The number of ether oxygens (including phenoxy) is 1. The van der Waals surface area contributed by atoms with Crippen molar-refractivity contribution in [2.45, 2.75) is 30.2 Å². The molecule has 0 unspecified atom stereocenters. The first-order valence-corrected chi connectivity index (χ1v) is 16.7. The zero-order valence-electron chi connectivity index (χ0n) is 26.4. The van der Waals surface area contributed by atoms with Crippen LogP contribution in [0.3, 0.4) is 0 Å². The molecular formula is C31H41ClN8O4S. The fourth-order valence-electron chi connectivity index (χ4n) is 5.61. The molecule has 14 heteroatoms. The maximum atomic E-state index is 13.7. The van der Waals surface area contributed by atoms with E-state index in [-0.39, 0.29) is 33.6 Å². The highest BCUT2D eigenvalue weighted by molar-refractivity contribution is 7.89. The number of nitrogens with zero attached hydrogens (tertiary/aromatic N) is 6. The van der Waals surface area contributed by atoms with E-state index in [0.29, 0.717) is 36.8 Å². The number of hydrogen-bond donors (Lipinski definition) is 2. The minimum atomic E-state index is -3.76. The van der Waals surface area contributed by atoms with Crippen LogP contribution in [-0.4, -0.2) is 117 Å². The van der Waals surface area contributed by atoms with Crippen molar-refractivity contribution in [1.82, 2.24) is 29.0 Å². The third-order valence-electron chi connectivity index (χ3n) is 8.38. The highest BCUT2D eigenvalue weighted by Gasteiger charge is 2.34. The lowest BCUT2D eigenvalue weighted by atomic mass is 10.0. The Bertz CT molecular complexity index is 1650. The van der Waals surface area contributed by atoms with Crippen LogP contribution in [0.25, 0.3) is 0 Å². The van der Waals surface area contributed by atoms with Gasteiger partial charge in [0.05, 0.1) is 31.2 Å². The summed E-state index contributed by atoms with van der Waals surface area (Å²) in [6, 6.07) is 11.0. The Morgan fingerprint density at radius 3 is 2.42 bits per heavy atom. The summed E-state index contributed by atoms with van der Waals surface area (Å²) in [7, 11) is 5.32. The second kappa shape index (κ2) is 13.9. The van der Waals surface area contributed by atoms with Gasteiger partial charge in [0.15, 0.2) is 5.82 Å². The summed E-state index contributed by atoms with van der Waals surface area (Å²) < 4.78 is 34.6. The summed E-state index contributed by atoms with van der Waals surface area (Å²) in [5.74, 6) is 1.25. The number of hydrogen-bond acceptors (Lipinski definition) is 10. The minimum absolute atomic E-state index is 0.0828. The van der Waals surface area contributed by atoms with Crippen LogP contribution in [0.2, 0.25) is 5.02 Å². The molecular weight excluding hydrogens is 616 g/mol. The number of carbonyl (C=O) groups is 1. The SMILES string of the molecule is COc1cc2c(cc1Nc1ncc(Cl)c(Nc3ccccc3S(=O)(=O)N3CC[C@@H](N(C)C)C3)n1)CCN(CC(=O)N(C)C)CC2. The van der Waals surface area contributed by atoms with Gasteiger partial charge in [-0.15, -0.1) is 0 Å². The lowest BCUT2D eigenvalue weighted by Crippen LogP contribution is -2.37. The molecule has 1 amide bonds. The van der Waals surface area contributed by atoms with E-state index in [0.717, 1.165) is 37.9 Å². The van der Waals surface area contributed by atoms with Gasteiger partial charge in [-0.1, -0.05) is 23.7 Å². The fraction of sp³-hybridized carbons (Fsp3) is 0.452. The van der Waals surface area contributed by atoms with Crippen LogP contribution in [0.4, 0.5) is 23.1 Å². The van der Waals surface area contributed by atoms with Gasteiger partial charge < -0.3 is 25.2 Å². The number of rotatable bonds is 10. The number of fused-ring (bicyclic) bond motifs is 1. The van der Waals surface area contributed by atoms with Crippen molar-refractivity contribution in [1.29, 1.82) is 0 Å². The summed E-state index contributed by atoms with van der Waals surface area (Å²) in [5.41, 5.74) is 3.39. The molecule has 1 aromatic heterocycles. The van der Waals surface area contributed by atoms with E-state index >= 15 is 0 Å².